The predicted molar refractivity (Wildman–Crippen MR) is 131 cm³/mol. The van der Waals surface area contributed by atoms with E-state index in [9.17, 15) is 19.2 Å². The predicted octanol–water partition coefficient (Wildman–Crippen LogP) is 1.69. The van der Waals surface area contributed by atoms with Gasteiger partial charge in [0.2, 0.25) is 0 Å². The first-order valence-corrected chi connectivity index (χ1v) is 11.7. The average molecular weight is 497 g/mol. The molecule has 0 radical (unpaired) electrons. The Morgan fingerprint density at radius 2 is 1.86 bits per heavy atom. The third-order valence-electron chi connectivity index (χ3n) is 5.59. The van der Waals surface area contributed by atoms with E-state index in [0.717, 1.165) is 22.2 Å². The number of aryl methyl sites for hydroxylation is 2. The van der Waals surface area contributed by atoms with E-state index in [1.165, 1.54) is 53.4 Å². The molecule has 11 nitrogen and oxygen atoms in total. The molecule has 0 spiro atoms. The van der Waals surface area contributed by atoms with Crippen LogP contribution in [0.25, 0.3) is 22.4 Å². The number of ether oxygens (including phenoxy) is 1. The molecule has 4 aromatic rings. The third-order valence-corrected chi connectivity index (χ3v) is 6.34. The highest BCUT2D eigenvalue weighted by Crippen LogP contribution is 2.25. The maximum Gasteiger partial charge on any atom is 0.332 e. The van der Waals surface area contributed by atoms with Crippen LogP contribution in [0.15, 0.2) is 45.6 Å². The average Bonchev–Trinajstić information content (AvgIpc) is 3.48. The highest BCUT2D eigenvalue weighted by atomic mass is 32.1. The number of hydrogen-bond donors (Lipinski definition) is 1. The lowest BCUT2D eigenvalue weighted by Gasteiger charge is -2.13. The normalized spacial score (nSPS) is 12.0. The molecule has 182 valence electrons. The number of imidazole rings is 1. The second-order valence-corrected chi connectivity index (χ2v) is 8.82. The van der Waals surface area contributed by atoms with Crippen molar-refractivity contribution in [2.75, 3.05) is 5.32 Å². The van der Waals surface area contributed by atoms with Crippen molar-refractivity contribution in [2.24, 2.45) is 14.1 Å². The van der Waals surface area contributed by atoms with Crippen molar-refractivity contribution in [3.05, 3.63) is 62.4 Å². The molecule has 3 heterocycles. The molecular formula is C23H24N6O5S. The van der Waals surface area contributed by atoms with E-state index in [1.54, 1.807) is 0 Å². The van der Waals surface area contributed by atoms with Crippen molar-refractivity contribution in [3.63, 3.8) is 0 Å². The van der Waals surface area contributed by atoms with Crippen molar-refractivity contribution >= 4 is 39.5 Å². The maximum atomic E-state index is 12.5. The number of benzene rings is 1. The Morgan fingerprint density at radius 3 is 2.54 bits per heavy atom. The smallest absolute Gasteiger partial charge is 0.332 e. The van der Waals surface area contributed by atoms with Crippen molar-refractivity contribution in [1.82, 2.24) is 23.7 Å². The second kappa shape index (κ2) is 9.66. The van der Waals surface area contributed by atoms with Crippen molar-refractivity contribution in [1.29, 1.82) is 0 Å². The van der Waals surface area contributed by atoms with E-state index in [1.807, 2.05) is 29.6 Å². The molecular weight excluding hydrogens is 472 g/mol. The van der Waals surface area contributed by atoms with Gasteiger partial charge in [-0.05, 0) is 18.9 Å². The molecule has 1 aromatic carbocycles. The van der Waals surface area contributed by atoms with Gasteiger partial charge in [0.25, 0.3) is 11.5 Å². The van der Waals surface area contributed by atoms with E-state index in [2.05, 4.69) is 22.2 Å². The minimum absolute atomic E-state index is 0.0888. The van der Waals surface area contributed by atoms with E-state index < -0.39 is 29.2 Å². The molecule has 3 aromatic heterocycles. The molecule has 0 aliphatic heterocycles. The largest absolute Gasteiger partial charge is 0.451 e. The number of hydrogen-bond acceptors (Lipinski definition) is 8. The first kappa shape index (κ1) is 24.1. The van der Waals surface area contributed by atoms with Gasteiger partial charge in [-0.3, -0.25) is 28.8 Å². The van der Waals surface area contributed by atoms with Crippen LogP contribution in [-0.4, -0.2) is 41.6 Å². The van der Waals surface area contributed by atoms with Gasteiger partial charge in [-0.2, -0.15) is 0 Å². The number of rotatable bonds is 7. The van der Waals surface area contributed by atoms with Crippen LogP contribution in [-0.2, 0) is 41.4 Å². The minimum atomic E-state index is -1.10. The summed E-state index contributed by atoms with van der Waals surface area (Å²) in [7, 11) is 2.83. The number of anilines is 1. The summed E-state index contributed by atoms with van der Waals surface area (Å²) in [5.74, 6) is -1.27. The minimum Gasteiger partial charge on any atom is -0.451 e. The van der Waals surface area contributed by atoms with Crippen molar-refractivity contribution < 1.29 is 14.3 Å². The molecule has 0 bridgehead atoms. The van der Waals surface area contributed by atoms with E-state index in [-0.39, 0.29) is 17.7 Å². The summed E-state index contributed by atoms with van der Waals surface area (Å²) in [5, 5.41) is 4.88. The van der Waals surface area contributed by atoms with Crippen molar-refractivity contribution in [3.8, 4) is 11.3 Å². The Kier molecular flexibility index (Phi) is 6.65. The number of nitrogens with zero attached hydrogens (tertiary/aromatic N) is 5. The number of aromatic nitrogens is 5. The number of amides is 1. The Balaban J connectivity index is 1.40. The number of nitrogens with one attached hydrogen (secondary N) is 1. The summed E-state index contributed by atoms with van der Waals surface area (Å²) in [4.78, 5) is 58.1. The third kappa shape index (κ3) is 4.78. The van der Waals surface area contributed by atoms with Gasteiger partial charge < -0.3 is 9.30 Å². The molecule has 0 fully saturated rings. The molecule has 35 heavy (non-hydrogen) atoms. The molecule has 0 aliphatic rings. The van der Waals surface area contributed by atoms with E-state index in [0.29, 0.717) is 5.13 Å². The van der Waals surface area contributed by atoms with Gasteiger partial charge in [-0.25, -0.2) is 14.8 Å². The highest BCUT2D eigenvalue weighted by Gasteiger charge is 2.21. The lowest BCUT2D eigenvalue weighted by atomic mass is 10.1. The second-order valence-electron chi connectivity index (χ2n) is 7.96. The van der Waals surface area contributed by atoms with Crippen LogP contribution in [0.2, 0.25) is 0 Å². The van der Waals surface area contributed by atoms with Gasteiger partial charge in [0.15, 0.2) is 22.4 Å². The monoisotopic (exact) mass is 496 g/mol. The summed E-state index contributed by atoms with van der Waals surface area (Å²) in [5.41, 5.74) is 2.04. The Morgan fingerprint density at radius 1 is 1.14 bits per heavy atom. The number of fused-ring (bicyclic) bond motifs is 1. The van der Waals surface area contributed by atoms with Gasteiger partial charge in [0.05, 0.1) is 12.0 Å². The van der Waals surface area contributed by atoms with Crippen LogP contribution in [0.4, 0.5) is 5.13 Å². The van der Waals surface area contributed by atoms with Gasteiger partial charge in [-0.15, -0.1) is 11.3 Å². The van der Waals surface area contributed by atoms with Crippen LogP contribution < -0.4 is 16.6 Å². The summed E-state index contributed by atoms with van der Waals surface area (Å²) in [6, 6.07) is 8.03. The molecule has 1 atom stereocenters. The SMILES string of the molecule is CCc1ccc(-c2csc(NC(=O)C(C)OC(=O)Cn3cnc4c3c(=O)n(C)c(=O)n4C)n2)cc1. The quantitative estimate of drug-likeness (QED) is 0.385. The zero-order valence-electron chi connectivity index (χ0n) is 19.6. The summed E-state index contributed by atoms with van der Waals surface area (Å²) < 4.78 is 8.69. The first-order chi connectivity index (χ1) is 16.7. The van der Waals surface area contributed by atoms with Gasteiger partial charge in [0.1, 0.15) is 6.54 Å². The number of thiazole rings is 1. The Hall–Kier alpha value is -4.06. The fraction of sp³-hybridized carbons (Fsp3) is 0.304. The summed E-state index contributed by atoms with van der Waals surface area (Å²) in [6.07, 6.45) is 1.13. The molecule has 0 saturated carbocycles. The van der Waals surface area contributed by atoms with Gasteiger partial charge in [-0.1, -0.05) is 31.2 Å². The van der Waals surface area contributed by atoms with Crippen LogP contribution >= 0.6 is 11.3 Å². The van der Waals surface area contributed by atoms with Crippen LogP contribution in [0.3, 0.4) is 0 Å². The van der Waals surface area contributed by atoms with Gasteiger partial charge >= 0.3 is 11.7 Å². The first-order valence-electron chi connectivity index (χ1n) is 10.9. The molecule has 0 aliphatic carbocycles. The van der Waals surface area contributed by atoms with E-state index in [4.69, 9.17) is 4.74 Å². The zero-order valence-corrected chi connectivity index (χ0v) is 20.5. The highest BCUT2D eigenvalue weighted by molar-refractivity contribution is 7.14. The molecule has 4 rings (SSSR count). The lowest BCUT2D eigenvalue weighted by Crippen LogP contribution is -2.38. The summed E-state index contributed by atoms with van der Waals surface area (Å²) in [6.45, 7) is 3.18. The van der Waals surface area contributed by atoms with Crippen LogP contribution in [0.1, 0.15) is 19.4 Å². The van der Waals surface area contributed by atoms with Crippen LogP contribution in [0, 0.1) is 0 Å². The zero-order chi connectivity index (χ0) is 25.3. The van der Waals surface area contributed by atoms with Gasteiger partial charge in [0, 0.05) is 25.0 Å². The Labute approximate surface area is 203 Å². The molecule has 1 N–H and O–H groups in total. The fourth-order valence-corrected chi connectivity index (χ4v) is 4.25. The molecule has 1 amide bonds. The van der Waals surface area contributed by atoms with Crippen LogP contribution in [0.5, 0.6) is 0 Å². The summed E-state index contributed by atoms with van der Waals surface area (Å²) >= 11 is 1.27. The maximum absolute atomic E-state index is 12.5. The number of carbonyl (C=O) groups is 2. The lowest BCUT2D eigenvalue weighted by molar-refractivity contribution is -0.153. The fourth-order valence-electron chi connectivity index (χ4n) is 3.53. The molecule has 12 heteroatoms. The van der Waals surface area contributed by atoms with E-state index >= 15 is 0 Å². The Bertz CT molecular complexity index is 1530. The van der Waals surface area contributed by atoms with Crippen molar-refractivity contribution in [2.45, 2.75) is 32.9 Å². The number of carbonyl (C=O) groups excluding carboxylic acids is 2. The topological polar surface area (TPSA) is 130 Å². The number of esters is 1. The standard InChI is InChI=1S/C23H24N6O5S/c1-5-14-6-8-15(9-7-14)16-11-35-22(25-16)26-20(31)13(2)34-17(30)10-29-12-24-19-18(29)21(32)28(4)23(33)27(19)3/h6-9,11-13H,5,10H2,1-4H3,(H,25,26,31). The molecule has 0 saturated heterocycles. The molecule has 1 unspecified atom stereocenters.